The van der Waals surface area contributed by atoms with Gasteiger partial charge in [0.05, 0.1) is 11.4 Å². The molecule has 1 aliphatic rings. The standard InChI is InChI=1S/C19H23N3O.2ClH/c1-13-6-7-18(14(2)21-13)22-19(23)17-5-3-4-15(11-17)10-16-8-9-20-12-16;;/h3-7,11,16,20H,8-10,12H2,1-2H3,(H,22,23);2*1H. The minimum Gasteiger partial charge on any atom is -0.320 e. The lowest BCUT2D eigenvalue weighted by molar-refractivity contribution is 0.102. The number of pyridine rings is 1. The number of anilines is 1. The van der Waals surface area contributed by atoms with Crippen molar-refractivity contribution in [1.82, 2.24) is 10.3 Å². The maximum absolute atomic E-state index is 12.5. The molecule has 2 aromatic rings. The predicted octanol–water partition coefficient (Wildman–Crippen LogP) is 3.95. The molecule has 25 heavy (non-hydrogen) atoms. The smallest absolute Gasteiger partial charge is 0.255 e. The van der Waals surface area contributed by atoms with Crippen LogP contribution in [0, 0.1) is 19.8 Å². The van der Waals surface area contributed by atoms with E-state index in [1.165, 1.54) is 12.0 Å². The van der Waals surface area contributed by atoms with Crippen molar-refractivity contribution in [3.05, 3.63) is 58.9 Å². The first kappa shape index (κ1) is 21.4. The topological polar surface area (TPSA) is 54.0 Å². The van der Waals surface area contributed by atoms with Crippen molar-refractivity contribution < 1.29 is 4.79 Å². The summed E-state index contributed by atoms with van der Waals surface area (Å²) in [5.74, 6) is 0.599. The fourth-order valence-electron chi connectivity index (χ4n) is 3.07. The van der Waals surface area contributed by atoms with Crippen LogP contribution in [0.2, 0.25) is 0 Å². The molecule has 2 heterocycles. The molecule has 1 fully saturated rings. The molecule has 0 aliphatic carbocycles. The summed E-state index contributed by atoms with van der Waals surface area (Å²) in [5, 5.41) is 6.35. The van der Waals surface area contributed by atoms with E-state index in [9.17, 15) is 4.79 Å². The largest absolute Gasteiger partial charge is 0.320 e. The van der Waals surface area contributed by atoms with E-state index >= 15 is 0 Å². The van der Waals surface area contributed by atoms with Gasteiger partial charge in [0, 0.05) is 11.3 Å². The average molecular weight is 382 g/mol. The van der Waals surface area contributed by atoms with Gasteiger partial charge in [0.2, 0.25) is 0 Å². The summed E-state index contributed by atoms with van der Waals surface area (Å²) in [6.07, 6.45) is 2.24. The molecule has 0 spiro atoms. The Balaban J connectivity index is 0.00000156. The summed E-state index contributed by atoms with van der Waals surface area (Å²) in [6, 6.07) is 11.8. The number of halogens is 2. The molecule has 0 bridgehead atoms. The van der Waals surface area contributed by atoms with Gasteiger partial charge in [-0.25, -0.2) is 0 Å². The van der Waals surface area contributed by atoms with Gasteiger partial charge < -0.3 is 10.6 Å². The van der Waals surface area contributed by atoms with Gasteiger partial charge in [-0.05, 0) is 75.5 Å². The zero-order valence-electron chi connectivity index (χ0n) is 14.5. The number of aromatic nitrogens is 1. The molecule has 1 aromatic carbocycles. The molecule has 136 valence electrons. The van der Waals surface area contributed by atoms with E-state index in [4.69, 9.17) is 0 Å². The van der Waals surface area contributed by atoms with Crippen LogP contribution >= 0.6 is 24.8 Å². The van der Waals surface area contributed by atoms with Crippen LogP contribution < -0.4 is 10.6 Å². The lowest BCUT2D eigenvalue weighted by Gasteiger charge is -2.11. The molecule has 1 aromatic heterocycles. The summed E-state index contributed by atoms with van der Waals surface area (Å²) in [6.45, 7) is 6.03. The Kier molecular flexibility index (Phi) is 8.36. The van der Waals surface area contributed by atoms with Crippen molar-refractivity contribution in [2.75, 3.05) is 18.4 Å². The van der Waals surface area contributed by atoms with Crippen LogP contribution in [-0.2, 0) is 6.42 Å². The number of benzene rings is 1. The fraction of sp³-hybridized carbons (Fsp3) is 0.368. The van der Waals surface area contributed by atoms with E-state index in [2.05, 4.69) is 21.7 Å². The molecule has 3 rings (SSSR count). The third-order valence-electron chi connectivity index (χ3n) is 4.35. The van der Waals surface area contributed by atoms with Gasteiger partial charge in [0.1, 0.15) is 0 Å². The summed E-state index contributed by atoms with van der Waals surface area (Å²) in [5.41, 5.74) is 4.49. The number of hydrogen-bond donors (Lipinski definition) is 2. The monoisotopic (exact) mass is 381 g/mol. The molecule has 2 N–H and O–H groups in total. The van der Waals surface area contributed by atoms with Crippen molar-refractivity contribution in [1.29, 1.82) is 0 Å². The Labute approximate surface area is 161 Å². The van der Waals surface area contributed by atoms with Crippen molar-refractivity contribution in [3.8, 4) is 0 Å². The van der Waals surface area contributed by atoms with Gasteiger partial charge in [-0.2, -0.15) is 0 Å². The highest BCUT2D eigenvalue weighted by Gasteiger charge is 2.16. The Bertz CT molecular complexity index is 716. The summed E-state index contributed by atoms with van der Waals surface area (Å²) in [4.78, 5) is 16.9. The van der Waals surface area contributed by atoms with Crippen molar-refractivity contribution >= 4 is 36.4 Å². The summed E-state index contributed by atoms with van der Waals surface area (Å²) < 4.78 is 0. The molecule has 1 amide bonds. The van der Waals surface area contributed by atoms with Gasteiger partial charge in [0.25, 0.3) is 5.91 Å². The number of carbonyl (C=O) groups is 1. The zero-order valence-corrected chi connectivity index (χ0v) is 16.2. The Hall–Kier alpha value is -1.62. The van der Waals surface area contributed by atoms with Gasteiger partial charge in [-0.1, -0.05) is 12.1 Å². The van der Waals surface area contributed by atoms with Gasteiger partial charge in [0.15, 0.2) is 0 Å². The molecule has 1 atom stereocenters. The molecule has 4 nitrogen and oxygen atoms in total. The maximum Gasteiger partial charge on any atom is 0.255 e. The molecule has 6 heteroatoms. The fourth-order valence-corrected chi connectivity index (χ4v) is 3.07. The molecule has 0 radical (unpaired) electrons. The number of aryl methyl sites for hydroxylation is 2. The second-order valence-electron chi connectivity index (χ2n) is 6.30. The maximum atomic E-state index is 12.5. The molecular formula is C19H25Cl2N3O. The van der Waals surface area contributed by atoms with Crippen molar-refractivity contribution in [3.63, 3.8) is 0 Å². The van der Waals surface area contributed by atoms with E-state index < -0.39 is 0 Å². The van der Waals surface area contributed by atoms with E-state index in [0.29, 0.717) is 11.5 Å². The lowest BCUT2D eigenvalue weighted by atomic mass is 9.97. The molecular weight excluding hydrogens is 357 g/mol. The van der Waals surface area contributed by atoms with Crippen LogP contribution in [0.5, 0.6) is 0 Å². The third kappa shape index (κ3) is 5.70. The minimum atomic E-state index is -0.0786. The summed E-state index contributed by atoms with van der Waals surface area (Å²) in [7, 11) is 0. The van der Waals surface area contributed by atoms with Crippen LogP contribution in [0.15, 0.2) is 36.4 Å². The zero-order chi connectivity index (χ0) is 16.2. The van der Waals surface area contributed by atoms with E-state index in [-0.39, 0.29) is 30.7 Å². The van der Waals surface area contributed by atoms with E-state index in [1.54, 1.807) is 0 Å². The Morgan fingerprint density at radius 1 is 1.24 bits per heavy atom. The number of amides is 1. The average Bonchev–Trinajstić information content (AvgIpc) is 3.03. The number of hydrogen-bond acceptors (Lipinski definition) is 3. The molecule has 1 unspecified atom stereocenters. The van der Waals surface area contributed by atoms with Crippen LogP contribution in [-0.4, -0.2) is 24.0 Å². The van der Waals surface area contributed by atoms with Crippen LogP contribution in [0.25, 0.3) is 0 Å². The Morgan fingerprint density at radius 2 is 2.04 bits per heavy atom. The first-order valence-corrected chi connectivity index (χ1v) is 8.17. The van der Waals surface area contributed by atoms with Gasteiger partial charge in [-0.3, -0.25) is 9.78 Å². The van der Waals surface area contributed by atoms with Crippen LogP contribution in [0.4, 0.5) is 5.69 Å². The highest BCUT2D eigenvalue weighted by atomic mass is 35.5. The predicted molar refractivity (Wildman–Crippen MR) is 107 cm³/mol. The van der Waals surface area contributed by atoms with Gasteiger partial charge >= 0.3 is 0 Å². The quantitative estimate of drug-likeness (QED) is 0.842. The second-order valence-corrected chi connectivity index (χ2v) is 6.30. The summed E-state index contributed by atoms with van der Waals surface area (Å²) >= 11 is 0. The highest BCUT2D eigenvalue weighted by molar-refractivity contribution is 6.04. The second kappa shape index (κ2) is 9.76. The molecule has 0 saturated carbocycles. The van der Waals surface area contributed by atoms with Crippen LogP contribution in [0.1, 0.15) is 33.7 Å². The first-order chi connectivity index (χ1) is 11.1. The molecule has 1 saturated heterocycles. The van der Waals surface area contributed by atoms with E-state index in [1.807, 2.05) is 44.2 Å². The van der Waals surface area contributed by atoms with E-state index in [0.717, 1.165) is 36.6 Å². The van der Waals surface area contributed by atoms with Crippen molar-refractivity contribution in [2.45, 2.75) is 26.7 Å². The van der Waals surface area contributed by atoms with Gasteiger partial charge in [-0.15, -0.1) is 24.8 Å². The number of rotatable bonds is 4. The highest BCUT2D eigenvalue weighted by Crippen LogP contribution is 2.18. The normalized spacial score (nSPS) is 15.8. The first-order valence-electron chi connectivity index (χ1n) is 8.17. The lowest BCUT2D eigenvalue weighted by Crippen LogP contribution is -2.14. The Morgan fingerprint density at radius 3 is 2.72 bits per heavy atom. The van der Waals surface area contributed by atoms with Crippen LogP contribution in [0.3, 0.4) is 0 Å². The van der Waals surface area contributed by atoms with Crippen molar-refractivity contribution in [2.24, 2.45) is 5.92 Å². The third-order valence-corrected chi connectivity index (χ3v) is 4.35. The SMILES string of the molecule is Cc1ccc(NC(=O)c2cccc(CC3CCNC3)c2)c(C)n1.Cl.Cl. The minimum absolute atomic E-state index is 0. The number of nitrogens with zero attached hydrogens (tertiary/aromatic N) is 1. The molecule has 1 aliphatic heterocycles. The number of nitrogens with one attached hydrogen (secondary N) is 2. The number of carbonyl (C=O) groups excluding carboxylic acids is 1.